The molecule has 39 heavy (non-hydrogen) atoms. The zero-order chi connectivity index (χ0) is 25.3. The highest BCUT2D eigenvalue weighted by Crippen LogP contribution is 2.19. The molecule has 0 fully saturated rings. The highest BCUT2D eigenvalue weighted by atomic mass is 16.6. The molecule has 0 aliphatic heterocycles. The van der Waals surface area contributed by atoms with E-state index in [1.165, 1.54) is 0 Å². The molecule has 0 bridgehead atoms. The van der Waals surface area contributed by atoms with Crippen molar-refractivity contribution in [3.05, 3.63) is 38.0 Å². The molecule has 13 nitrogen and oxygen atoms in total. The van der Waals surface area contributed by atoms with E-state index < -0.39 is 87.5 Å². The van der Waals surface area contributed by atoms with Gasteiger partial charge in [-0.05, 0) is 0 Å². The van der Waals surface area contributed by atoms with Gasteiger partial charge in [-0.1, -0.05) is 64.3 Å². The van der Waals surface area contributed by atoms with Gasteiger partial charge in [0.05, 0.1) is 12.0 Å². The topological polar surface area (TPSA) is 178 Å². The first kappa shape index (κ1) is 51.6. The summed E-state index contributed by atoms with van der Waals surface area (Å²) in [7, 11) is 0. The minimum atomic E-state index is -1.66. The Bertz CT molecular complexity index is 674. The maximum atomic E-state index is 11.8. The molecule has 0 atom stereocenters. The molecular weight excluding hydrogens is 520 g/mol. The Hall–Kier alpha value is -4.00. The zero-order valence-corrected chi connectivity index (χ0v) is 17.6. The Labute approximate surface area is 232 Å². The fourth-order valence-corrected chi connectivity index (χ4v) is 1.65. The molecule has 0 spiro atoms. The number of aliphatic hydroxyl groups is 1. The van der Waals surface area contributed by atoms with Crippen molar-refractivity contribution in [3.63, 3.8) is 0 Å². The fraction of sp³-hybridized carbons (Fsp3) is 0.538. The molecule has 0 aromatic rings. The van der Waals surface area contributed by atoms with Crippen molar-refractivity contribution < 1.29 is 62.3 Å². The van der Waals surface area contributed by atoms with Crippen molar-refractivity contribution >= 4 is 35.8 Å². The van der Waals surface area contributed by atoms with Gasteiger partial charge in [-0.3, -0.25) is 0 Å². The van der Waals surface area contributed by atoms with Gasteiger partial charge in [-0.15, -0.1) is 0 Å². The second kappa shape index (κ2) is 28.6. The first-order valence-corrected chi connectivity index (χ1v) is 9.06. The molecule has 0 radical (unpaired) electrons. The maximum Gasteiger partial charge on any atom is 0.344 e. The third-order valence-electron chi connectivity index (χ3n) is 3.45. The quantitative estimate of drug-likeness (QED) is 0.163. The summed E-state index contributed by atoms with van der Waals surface area (Å²) in [6.45, 7) is 4.37. The maximum absolute atomic E-state index is 11.8. The molecule has 13 heteroatoms. The van der Waals surface area contributed by atoms with Crippen molar-refractivity contribution in [2.24, 2.45) is 5.41 Å². The fourth-order valence-electron chi connectivity index (χ4n) is 1.65. The molecule has 0 saturated heterocycles. The number of hydrogen-bond acceptors (Lipinski definition) is 13. The van der Waals surface area contributed by atoms with E-state index in [2.05, 4.69) is 33.9 Å². The van der Waals surface area contributed by atoms with E-state index in [-0.39, 0.29) is 44.6 Å². The molecule has 230 valence electrons. The van der Waals surface area contributed by atoms with Crippen LogP contribution < -0.4 is 0 Å². The van der Waals surface area contributed by atoms with Crippen LogP contribution in [0.15, 0.2) is 38.0 Å². The molecule has 0 rings (SSSR count). The van der Waals surface area contributed by atoms with Crippen LogP contribution in [0.3, 0.4) is 0 Å². The van der Waals surface area contributed by atoms with Crippen LogP contribution in [0.5, 0.6) is 0 Å². The third-order valence-corrected chi connectivity index (χ3v) is 3.45. The minimum Gasteiger partial charge on any atom is -0.462 e. The second-order valence-corrected chi connectivity index (χ2v) is 6.08. The number of aliphatic hydroxyl groups excluding tert-OH is 1. The van der Waals surface area contributed by atoms with Gasteiger partial charge in [0.15, 0.2) is 19.8 Å². The van der Waals surface area contributed by atoms with Gasteiger partial charge >= 0.3 is 35.8 Å². The highest BCUT2D eigenvalue weighted by molar-refractivity contribution is 5.84. The lowest BCUT2D eigenvalue weighted by molar-refractivity contribution is -0.174. The van der Waals surface area contributed by atoms with E-state index in [0.717, 1.165) is 18.2 Å². The SMILES string of the molecule is C.C.C.C.C.C.C=CC(=O)OCC(=O)OCC(CO)(COC(=O)COC(=O)C=C)COC(=O)COC(=O)C=C. The van der Waals surface area contributed by atoms with Crippen LogP contribution in [-0.2, 0) is 57.2 Å². The monoisotopic (exact) mass is 568 g/mol. The lowest BCUT2D eigenvalue weighted by Gasteiger charge is -2.30. The lowest BCUT2D eigenvalue weighted by Crippen LogP contribution is -2.43. The van der Waals surface area contributed by atoms with Gasteiger partial charge in [-0.2, -0.15) is 0 Å². The number of hydrogen-bond donors (Lipinski definition) is 1. The van der Waals surface area contributed by atoms with E-state index >= 15 is 0 Å². The molecule has 0 aliphatic carbocycles. The van der Waals surface area contributed by atoms with Crippen LogP contribution in [0.25, 0.3) is 0 Å². The highest BCUT2D eigenvalue weighted by Gasteiger charge is 2.36. The number of ether oxygens (including phenoxy) is 6. The van der Waals surface area contributed by atoms with Gasteiger partial charge in [0.2, 0.25) is 0 Å². The van der Waals surface area contributed by atoms with E-state index in [4.69, 9.17) is 14.2 Å². The summed E-state index contributed by atoms with van der Waals surface area (Å²) >= 11 is 0. The zero-order valence-electron chi connectivity index (χ0n) is 17.6. The molecule has 1 N–H and O–H groups in total. The Morgan fingerprint density at radius 2 is 0.744 bits per heavy atom. The first-order valence-electron chi connectivity index (χ1n) is 9.06. The van der Waals surface area contributed by atoms with E-state index in [1.807, 2.05) is 0 Å². The summed E-state index contributed by atoms with van der Waals surface area (Å²) < 4.78 is 28.2. The molecule has 0 saturated carbocycles. The van der Waals surface area contributed by atoms with Crippen molar-refractivity contribution in [3.8, 4) is 0 Å². The van der Waals surface area contributed by atoms with Gasteiger partial charge < -0.3 is 33.5 Å². The lowest BCUT2D eigenvalue weighted by atomic mass is 9.92. The Kier molecular flexibility index (Phi) is 37.8. The van der Waals surface area contributed by atoms with Gasteiger partial charge in [0.25, 0.3) is 0 Å². The van der Waals surface area contributed by atoms with Crippen molar-refractivity contribution in [1.82, 2.24) is 0 Å². The summed E-state index contributed by atoms with van der Waals surface area (Å²) in [6.07, 6.45) is 2.47. The van der Waals surface area contributed by atoms with Gasteiger partial charge in [-0.25, -0.2) is 28.8 Å². The summed E-state index contributed by atoms with van der Waals surface area (Å²) in [5, 5.41) is 9.81. The molecule has 0 heterocycles. The minimum absolute atomic E-state index is 0. The molecular formula is C26H48O13. The Morgan fingerprint density at radius 3 is 0.923 bits per heavy atom. The van der Waals surface area contributed by atoms with Gasteiger partial charge in [0, 0.05) is 18.2 Å². The smallest absolute Gasteiger partial charge is 0.344 e. The van der Waals surface area contributed by atoms with Crippen LogP contribution in [0, 0.1) is 5.41 Å². The largest absolute Gasteiger partial charge is 0.462 e. The normalized spacial score (nSPS) is 8.54. The Balaban J connectivity index is -0.000000341. The predicted molar refractivity (Wildman–Crippen MR) is 146 cm³/mol. The van der Waals surface area contributed by atoms with Crippen LogP contribution in [0.1, 0.15) is 44.6 Å². The molecule has 0 aromatic carbocycles. The first-order chi connectivity index (χ1) is 15.6. The van der Waals surface area contributed by atoms with Crippen LogP contribution in [0.2, 0.25) is 0 Å². The second-order valence-electron chi connectivity index (χ2n) is 6.08. The predicted octanol–water partition coefficient (Wildman–Crippen LogP) is 2.60. The standard InChI is InChI=1S/C20H24O13.6CH4/c1-4-14(22)28-7-17(25)31-11-20(10-21,12-32-18(26)8-29-15(23)5-2)13-33-19(27)9-30-16(24)6-3;;;;;;/h4-6,21H,1-3,7-13H2;6*1H4. The van der Waals surface area contributed by atoms with Gasteiger partial charge in [0.1, 0.15) is 19.8 Å². The van der Waals surface area contributed by atoms with Crippen molar-refractivity contribution in [1.29, 1.82) is 0 Å². The van der Waals surface area contributed by atoms with E-state index in [0.29, 0.717) is 0 Å². The summed E-state index contributed by atoms with van der Waals surface area (Å²) in [5.74, 6) is -5.73. The summed E-state index contributed by atoms with van der Waals surface area (Å²) in [5.41, 5.74) is -1.66. The molecule has 0 amide bonds. The van der Waals surface area contributed by atoms with Crippen LogP contribution >= 0.6 is 0 Å². The number of carbonyl (C=O) groups is 6. The molecule has 0 aliphatic rings. The number of esters is 6. The Morgan fingerprint density at radius 1 is 0.513 bits per heavy atom. The molecule has 0 unspecified atom stereocenters. The average molecular weight is 569 g/mol. The third kappa shape index (κ3) is 24.1. The molecule has 0 aromatic heterocycles. The number of carbonyl (C=O) groups excluding carboxylic acids is 6. The van der Waals surface area contributed by atoms with E-state index in [1.54, 1.807) is 0 Å². The van der Waals surface area contributed by atoms with Crippen molar-refractivity contribution in [2.45, 2.75) is 44.6 Å². The summed E-state index contributed by atoms with van der Waals surface area (Å²) in [4.78, 5) is 68.3. The van der Waals surface area contributed by atoms with Crippen molar-refractivity contribution in [2.75, 3.05) is 46.2 Å². The van der Waals surface area contributed by atoms with Crippen LogP contribution in [-0.4, -0.2) is 87.2 Å². The van der Waals surface area contributed by atoms with E-state index in [9.17, 15) is 33.9 Å². The summed E-state index contributed by atoms with van der Waals surface area (Å²) in [6, 6.07) is 0. The number of rotatable bonds is 16. The average Bonchev–Trinajstić information content (AvgIpc) is 2.83. The van der Waals surface area contributed by atoms with Crippen LogP contribution in [0.4, 0.5) is 0 Å².